The first-order valence-electron chi connectivity index (χ1n) is 5.70. The molecule has 15 heavy (non-hydrogen) atoms. The smallest absolute Gasteiger partial charge is 0.0792 e. The van der Waals surface area contributed by atoms with Gasteiger partial charge in [-0.05, 0) is 30.4 Å². The molecule has 0 heterocycles. The Morgan fingerprint density at radius 1 is 1.27 bits per heavy atom. The molecular weight excluding hydrogens is 186 g/mol. The first-order chi connectivity index (χ1) is 7.16. The molecule has 0 amide bonds. The van der Waals surface area contributed by atoms with E-state index in [1.807, 2.05) is 31.2 Å². The molecule has 0 aromatic heterocycles. The monoisotopic (exact) mass is 205 g/mol. The van der Waals surface area contributed by atoms with Gasteiger partial charge >= 0.3 is 0 Å². The third-order valence-corrected chi connectivity index (χ3v) is 3.10. The van der Waals surface area contributed by atoms with Crippen LogP contribution in [0.1, 0.15) is 49.5 Å². The zero-order chi connectivity index (χ0) is 10.8. The summed E-state index contributed by atoms with van der Waals surface area (Å²) in [6, 6.07) is 8.07. The molecule has 1 aromatic rings. The first-order valence-corrected chi connectivity index (χ1v) is 5.70. The quantitative estimate of drug-likeness (QED) is 0.793. The van der Waals surface area contributed by atoms with Gasteiger partial charge in [0.15, 0.2) is 0 Å². The fourth-order valence-corrected chi connectivity index (χ4v) is 1.83. The van der Waals surface area contributed by atoms with Crippen LogP contribution < -0.4 is 5.73 Å². The molecule has 0 radical (unpaired) electrons. The van der Waals surface area contributed by atoms with Crippen molar-refractivity contribution >= 4 is 0 Å². The average molecular weight is 205 g/mol. The van der Waals surface area contributed by atoms with Crippen LogP contribution in [-0.4, -0.2) is 5.11 Å². The lowest BCUT2D eigenvalue weighted by Gasteiger charge is -2.12. The highest BCUT2D eigenvalue weighted by Crippen LogP contribution is 2.37. The molecule has 1 saturated carbocycles. The highest BCUT2D eigenvalue weighted by Gasteiger charge is 2.25. The Morgan fingerprint density at radius 3 is 2.27 bits per heavy atom. The molecule has 0 aliphatic heterocycles. The first kappa shape index (κ1) is 10.7. The molecule has 3 N–H and O–H groups in total. The highest BCUT2D eigenvalue weighted by atomic mass is 16.3. The van der Waals surface area contributed by atoms with Crippen molar-refractivity contribution in [3.05, 3.63) is 35.4 Å². The van der Waals surface area contributed by atoms with Gasteiger partial charge in [0.05, 0.1) is 6.10 Å². The zero-order valence-electron chi connectivity index (χ0n) is 9.19. The minimum atomic E-state index is -0.292. The molecule has 1 aliphatic carbocycles. The fourth-order valence-electron chi connectivity index (χ4n) is 1.83. The SMILES string of the molecule is CC(N)c1ccc(C(O)CC2CC2)cc1. The molecule has 1 aliphatic rings. The number of benzene rings is 1. The van der Waals surface area contributed by atoms with Crippen LogP contribution in [0.15, 0.2) is 24.3 Å². The Labute approximate surface area is 91.1 Å². The van der Waals surface area contributed by atoms with Crippen LogP contribution in [0.2, 0.25) is 0 Å². The van der Waals surface area contributed by atoms with Gasteiger partial charge in [-0.3, -0.25) is 0 Å². The van der Waals surface area contributed by atoms with Crippen LogP contribution >= 0.6 is 0 Å². The van der Waals surface area contributed by atoms with E-state index in [4.69, 9.17) is 5.73 Å². The molecule has 0 bridgehead atoms. The third kappa shape index (κ3) is 2.80. The molecule has 82 valence electrons. The number of rotatable bonds is 4. The highest BCUT2D eigenvalue weighted by molar-refractivity contribution is 5.26. The maximum atomic E-state index is 9.93. The van der Waals surface area contributed by atoms with Crippen molar-refractivity contribution in [1.82, 2.24) is 0 Å². The molecular formula is C13H19NO. The zero-order valence-corrected chi connectivity index (χ0v) is 9.19. The van der Waals surface area contributed by atoms with Crippen molar-refractivity contribution in [2.45, 2.75) is 38.3 Å². The molecule has 2 rings (SSSR count). The molecule has 0 spiro atoms. The van der Waals surface area contributed by atoms with Crippen LogP contribution in [0.25, 0.3) is 0 Å². The van der Waals surface area contributed by atoms with Gasteiger partial charge in [0, 0.05) is 6.04 Å². The summed E-state index contributed by atoms with van der Waals surface area (Å²) < 4.78 is 0. The summed E-state index contributed by atoms with van der Waals surface area (Å²) in [6.07, 6.45) is 3.20. The largest absolute Gasteiger partial charge is 0.388 e. The van der Waals surface area contributed by atoms with E-state index in [0.717, 1.165) is 23.5 Å². The van der Waals surface area contributed by atoms with Crippen LogP contribution in [0.3, 0.4) is 0 Å². The lowest BCUT2D eigenvalue weighted by atomic mass is 10.0. The lowest BCUT2D eigenvalue weighted by molar-refractivity contribution is 0.160. The number of aliphatic hydroxyl groups excluding tert-OH is 1. The Hall–Kier alpha value is -0.860. The van der Waals surface area contributed by atoms with Crippen molar-refractivity contribution in [2.75, 3.05) is 0 Å². The third-order valence-electron chi connectivity index (χ3n) is 3.10. The Balaban J connectivity index is 2.01. The minimum Gasteiger partial charge on any atom is -0.388 e. The summed E-state index contributed by atoms with van der Waals surface area (Å²) in [5, 5.41) is 9.93. The summed E-state index contributed by atoms with van der Waals surface area (Å²) in [5.74, 6) is 0.758. The Bertz CT molecular complexity index is 314. The predicted molar refractivity (Wildman–Crippen MR) is 61.3 cm³/mol. The summed E-state index contributed by atoms with van der Waals surface area (Å²) in [7, 11) is 0. The van der Waals surface area contributed by atoms with E-state index >= 15 is 0 Å². The number of nitrogens with two attached hydrogens (primary N) is 1. The van der Waals surface area contributed by atoms with Crippen LogP contribution in [0.4, 0.5) is 0 Å². The van der Waals surface area contributed by atoms with E-state index in [2.05, 4.69) is 0 Å². The summed E-state index contributed by atoms with van der Waals surface area (Å²) in [6.45, 7) is 1.97. The lowest BCUT2D eigenvalue weighted by Crippen LogP contribution is -2.05. The second-order valence-corrected chi connectivity index (χ2v) is 4.65. The van der Waals surface area contributed by atoms with E-state index in [1.165, 1.54) is 12.8 Å². The van der Waals surface area contributed by atoms with Crippen LogP contribution in [-0.2, 0) is 0 Å². The van der Waals surface area contributed by atoms with Gasteiger partial charge in [-0.1, -0.05) is 37.1 Å². The molecule has 2 unspecified atom stereocenters. The van der Waals surface area contributed by atoms with E-state index < -0.39 is 0 Å². The topological polar surface area (TPSA) is 46.2 Å². The van der Waals surface area contributed by atoms with Gasteiger partial charge in [-0.25, -0.2) is 0 Å². The van der Waals surface area contributed by atoms with Gasteiger partial charge in [-0.2, -0.15) is 0 Å². The second kappa shape index (κ2) is 4.33. The average Bonchev–Trinajstić information content (AvgIpc) is 3.02. The van der Waals surface area contributed by atoms with Crippen molar-refractivity contribution < 1.29 is 5.11 Å². The maximum Gasteiger partial charge on any atom is 0.0792 e. The summed E-state index contributed by atoms with van der Waals surface area (Å²) >= 11 is 0. The fraction of sp³-hybridized carbons (Fsp3) is 0.538. The van der Waals surface area contributed by atoms with Crippen LogP contribution in [0.5, 0.6) is 0 Å². The van der Waals surface area contributed by atoms with E-state index in [0.29, 0.717) is 0 Å². The van der Waals surface area contributed by atoms with Crippen molar-refractivity contribution in [1.29, 1.82) is 0 Å². The molecule has 1 fully saturated rings. The number of hydrogen-bond donors (Lipinski definition) is 2. The second-order valence-electron chi connectivity index (χ2n) is 4.65. The van der Waals surface area contributed by atoms with Gasteiger partial charge in [0.25, 0.3) is 0 Å². The molecule has 0 saturated heterocycles. The van der Waals surface area contributed by atoms with Gasteiger partial charge in [0.1, 0.15) is 0 Å². The molecule has 2 heteroatoms. The Kier molecular flexibility index (Phi) is 3.08. The van der Waals surface area contributed by atoms with Crippen molar-refractivity contribution in [2.24, 2.45) is 11.7 Å². The standard InChI is InChI=1S/C13H19NO/c1-9(14)11-4-6-12(7-5-11)13(15)8-10-2-3-10/h4-7,9-10,13,15H,2-3,8,14H2,1H3. The van der Waals surface area contributed by atoms with Gasteiger partial charge in [-0.15, -0.1) is 0 Å². The van der Waals surface area contributed by atoms with E-state index in [9.17, 15) is 5.11 Å². The Morgan fingerprint density at radius 2 is 1.80 bits per heavy atom. The van der Waals surface area contributed by atoms with Crippen molar-refractivity contribution in [3.8, 4) is 0 Å². The van der Waals surface area contributed by atoms with E-state index in [-0.39, 0.29) is 12.1 Å². The normalized spacial score (nSPS) is 19.9. The van der Waals surface area contributed by atoms with Crippen molar-refractivity contribution in [3.63, 3.8) is 0 Å². The summed E-state index contributed by atoms with van der Waals surface area (Å²) in [4.78, 5) is 0. The predicted octanol–water partition coefficient (Wildman–Crippen LogP) is 2.54. The molecule has 2 atom stereocenters. The number of hydrogen-bond acceptors (Lipinski definition) is 2. The number of aliphatic hydroxyl groups is 1. The van der Waals surface area contributed by atoms with Gasteiger partial charge < -0.3 is 10.8 Å². The molecule has 1 aromatic carbocycles. The van der Waals surface area contributed by atoms with Crippen LogP contribution in [0, 0.1) is 5.92 Å². The minimum absolute atomic E-state index is 0.0691. The maximum absolute atomic E-state index is 9.93. The molecule has 2 nitrogen and oxygen atoms in total. The summed E-state index contributed by atoms with van der Waals surface area (Å²) in [5.41, 5.74) is 7.91. The van der Waals surface area contributed by atoms with Gasteiger partial charge in [0.2, 0.25) is 0 Å². The van der Waals surface area contributed by atoms with E-state index in [1.54, 1.807) is 0 Å².